The summed E-state index contributed by atoms with van der Waals surface area (Å²) in [6.07, 6.45) is 9.95. The van der Waals surface area contributed by atoms with Gasteiger partial charge in [0.15, 0.2) is 10.7 Å². The SMILES string of the molecule is Cc1sc2nc(CC(=O)Nc3cncc(C(=O)c4cn(C(C)C)c5ncncc45)c3)cn2c1C. The van der Waals surface area contributed by atoms with Crippen molar-refractivity contribution >= 4 is 44.7 Å². The molecule has 0 aliphatic rings. The minimum absolute atomic E-state index is 0.129. The van der Waals surface area contributed by atoms with Crippen LogP contribution >= 0.6 is 11.3 Å². The highest BCUT2D eigenvalue weighted by atomic mass is 32.1. The number of aromatic nitrogens is 6. The summed E-state index contributed by atoms with van der Waals surface area (Å²) in [5.74, 6) is -0.431. The summed E-state index contributed by atoms with van der Waals surface area (Å²) < 4.78 is 3.95. The van der Waals surface area contributed by atoms with Crippen molar-refractivity contribution in [3.05, 3.63) is 70.8 Å². The highest BCUT2D eigenvalue weighted by Gasteiger charge is 2.20. The lowest BCUT2D eigenvalue weighted by Gasteiger charge is -2.07. The van der Waals surface area contributed by atoms with E-state index < -0.39 is 0 Å². The molecule has 1 amide bonds. The van der Waals surface area contributed by atoms with Crippen LogP contribution in [0.2, 0.25) is 0 Å². The number of nitrogens with zero attached hydrogens (tertiary/aromatic N) is 6. The summed E-state index contributed by atoms with van der Waals surface area (Å²) in [7, 11) is 0. The topological polar surface area (TPSA) is 107 Å². The Morgan fingerprint density at radius 1 is 1.12 bits per heavy atom. The molecule has 0 atom stereocenters. The van der Waals surface area contributed by atoms with Crippen LogP contribution in [-0.2, 0) is 11.2 Å². The molecule has 0 bridgehead atoms. The van der Waals surface area contributed by atoms with Gasteiger partial charge in [-0.15, -0.1) is 11.3 Å². The van der Waals surface area contributed by atoms with Crippen molar-refractivity contribution in [3.8, 4) is 0 Å². The smallest absolute Gasteiger partial charge is 0.230 e. The van der Waals surface area contributed by atoms with Crippen molar-refractivity contribution in [1.29, 1.82) is 0 Å². The van der Waals surface area contributed by atoms with Crippen molar-refractivity contribution in [1.82, 2.24) is 28.9 Å². The van der Waals surface area contributed by atoms with Gasteiger partial charge in [0.2, 0.25) is 5.91 Å². The van der Waals surface area contributed by atoms with Gasteiger partial charge in [-0.25, -0.2) is 15.0 Å². The first kappa shape index (κ1) is 21.9. The average Bonchev–Trinajstić information content (AvgIpc) is 3.46. The summed E-state index contributed by atoms with van der Waals surface area (Å²) in [6.45, 7) is 8.14. The lowest BCUT2D eigenvalue weighted by atomic mass is 10.1. The van der Waals surface area contributed by atoms with Crippen LogP contribution in [0.4, 0.5) is 5.69 Å². The first-order chi connectivity index (χ1) is 16.3. The minimum atomic E-state index is -0.226. The second-order valence-electron chi connectivity index (χ2n) is 8.45. The van der Waals surface area contributed by atoms with Gasteiger partial charge in [0, 0.05) is 52.3 Å². The molecule has 172 valence electrons. The molecule has 0 unspecified atom stereocenters. The molecule has 0 aliphatic heterocycles. The first-order valence-corrected chi connectivity index (χ1v) is 11.7. The number of nitrogens with one attached hydrogen (secondary N) is 1. The average molecular weight is 474 g/mol. The largest absolute Gasteiger partial charge is 0.329 e. The third-order valence-electron chi connectivity index (χ3n) is 5.76. The lowest BCUT2D eigenvalue weighted by Crippen LogP contribution is -2.15. The number of carbonyl (C=O) groups is 2. The number of hydrogen-bond acceptors (Lipinski definition) is 7. The van der Waals surface area contributed by atoms with Gasteiger partial charge >= 0.3 is 0 Å². The van der Waals surface area contributed by atoms with Crippen LogP contribution in [0.1, 0.15) is 52.1 Å². The number of thiazole rings is 1. The van der Waals surface area contributed by atoms with E-state index in [1.807, 2.05) is 35.9 Å². The third kappa shape index (κ3) is 3.86. The zero-order valence-corrected chi connectivity index (χ0v) is 20.1. The van der Waals surface area contributed by atoms with E-state index in [1.54, 1.807) is 29.8 Å². The fourth-order valence-electron chi connectivity index (χ4n) is 3.91. The van der Waals surface area contributed by atoms with Gasteiger partial charge in [-0.1, -0.05) is 0 Å². The van der Waals surface area contributed by atoms with Crippen molar-refractivity contribution < 1.29 is 9.59 Å². The summed E-state index contributed by atoms with van der Waals surface area (Å²) >= 11 is 1.60. The molecular weight excluding hydrogens is 450 g/mol. The van der Waals surface area contributed by atoms with Crippen molar-refractivity contribution in [2.75, 3.05) is 5.32 Å². The predicted octanol–water partition coefficient (Wildman–Crippen LogP) is 4.15. The first-order valence-electron chi connectivity index (χ1n) is 10.9. The summed E-state index contributed by atoms with van der Waals surface area (Å²) in [5, 5.41) is 3.51. The fourth-order valence-corrected chi connectivity index (χ4v) is 4.88. The zero-order chi connectivity index (χ0) is 24.0. The van der Waals surface area contributed by atoms with Crippen molar-refractivity contribution in [2.24, 2.45) is 0 Å². The predicted molar refractivity (Wildman–Crippen MR) is 130 cm³/mol. The molecule has 10 heteroatoms. The Bertz CT molecular complexity index is 1560. The van der Waals surface area contributed by atoms with E-state index in [2.05, 4.69) is 32.2 Å². The number of hydrogen-bond donors (Lipinski definition) is 1. The molecule has 0 saturated carbocycles. The Morgan fingerprint density at radius 2 is 1.94 bits per heavy atom. The highest BCUT2D eigenvalue weighted by molar-refractivity contribution is 7.17. The molecule has 1 N–H and O–H groups in total. The van der Waals surface area contributed by atoms with E-state index in [0.29, 0.717) is 33.5 Å². The maximum Gasteiger partial charge on any atom is 0.230 e. The summed E-state index contributed by atoms with van der Waals surface area (Å²) in [5.41, 5.74) is 3.84. The molecule has 0 fully saturated rings. The molecule has 5 aromatic rings. The maximum atomic E-state index is 13.3. The molecule has 9 nitrogen and oxygen atoms in total. The molecular formula is C24H23N7O2S. The van der Waals surface area contributed by atoms with Crippen LogP contribution < -0.4 is 5.32 Å². The number of imidazole rings is 1. The number of ketones is 1. The quantitative estimate of drug-likeness (QED) is 0.371. The van der Waals surface area contributed by atoms with E-state index in [0.717, 1.165) is 10.7 Å². The molecule has 0 aliphatic carbocycles. The van der Waals surface area contributed by atoms with Gasteiger partial charge in [-0.2, -0.15) is 0 Å². The van der Waals surface area contributed by atoms with Crippen LogP contribution in [0.15, 0.2) is 43.4 Å². The standard InChI is InChI=1S/C24H23N7O2S/c1-13(2)30-11-20(19-9-26-12-27-23(19)30)22(33)16-5-17(8-25-7-16)28-21(32)6-18-10-31-14(3)15(4)34-24(31)29-18/h5,7-13H,6H2,1-4H3,(H,28,32). The van der Waals surface area contributed by atoms with E-state index in [-0.39, 0.29) is 24.2 Å². The normalized spacial score (nSPS) is 11.6. The van der Waals surface area contributed by atoms with E-state index in [4.69, 9.17) is 0 Å². The van der Waals surface area contributed by atoms with Crippen LogP contribution in [0, 0.1) is 13.8 Å². The number of aryl methyl sites for hydroxylation is 2. The third-order valence-corrected chi connectivity index (χ3v) is 6.83. The van der Waals surface area contributed by atoms with Crippen molar-refractivity contribution in [2.45, 2.75) is 40.2 Å². The summed E-state index contributed by atoms with van der Waals surface area (Å²) in [4.78, 5) is 45.2. The number of anilines is 1. The molecule has 5 aromatic heterocycles. The van der Waals surface area contributed by atoms with Crippen LogP contribution in [0.25, 0.3) is 16.0 Å². The van der Waals surface area contributed by atoms with Gasteiger partial charge in [0.1, 0.15) is 12.0 Å². The van der Waals surface area contributed by atoms with Crippen LogP contribution in [0.5, 0.6) is 0 Å². The number of pyridine rings is 1. The maximum absolute atomic E-state index is 13.3. The van der Waals surface area contributed by atoms with Gasteiger partial charge in [0.05, 0.1) is 29.6 Å². The lowest BCUT2D eigenvalue weighted by molar-refractivity contribution is -0.115. The Kier molecular flexibility index (Phi) is 5.45. The summed E-state index contributed by atoms with van der Waals surface area (Å²) in [6, 6.07) is 1.77. The molecule has 0 radical (unpaired) electrons. The van der Waals surface area contributed by atoms with Crippen molar-refractivity contribution in [3.63, 3.8) is 0 Å². The molecule has 5 rings (SSSR count). The second-order valence-corrected chi connectivity index (χ2v) is 9.63. The van der Waals surface area contributed by atoms with E-state index >= 15 is 0 Å². The van der Waals surface area contributed by atoms with Gasteiger partial charge < -0.3 is 9.88 Å². The second kappa shape index (κ2) is 8.45. The monoisotopic (exact) mass is 473 g/mol. The number of rotatable bonds is 6. The molecule has 5 heterocycles. The zero-order valence-electron chi connectivity index (χ0n) is 19.2. The van der Waals surface area contributed by atoms with Crippen LogP contribution in [-0.4, -0.2) is 40.6 Å². The van der Waals surface area contributed by atoms with E-state index in [9.17, 15) is 9.59 Å². The Morgan fingerprint density at radius 3 is 2.71 bits per heavy atom. The van der Waals surface area contributed by atoms with Gasteiger partial charge in [-0.3, -0.25) is 19.0 Å². The molecule has 34 heavy (non-hydrogen) atoms. The molecule has 0 aromatic carbocycles. The molecule has 0 saturated heterocycles. The number of amides is 1. The fraction of sp³-hybridized carbons (Fsp3) is 0.250. The number of fused-ring (bicyclic) bond motifs is 2. The van der Waals surface area contributed by atoms with Gasteiger partial charge in [-0.05, 0) is 33.8 Å². The van der Waals surface area contributed by atoms with Gasteiger partial charge in [0.25, 0.3) is 0 Å². The Hall–Kier alpha value is -3.92. The molecule has 0 spiro atoms. The highest BCUT2D eigenvalue weighted by Crippen LogP contribution is 2.25. The Labute approximate surface area is 199 Å². The van der Waals surface area contributed by atoms with Crippen LogP contribution in [0.3, 0.4) is 0 Å². The Balaban J connectivity index is 1.36. The number of carbonyl (C=O) groups excluding carboxylic acids is 2. The minimum Gasteiger partial charge on any atom is -0.329 e. The van der Waals surface area contributed by atoms with E-state index in [1.165, 1.54) is 23.6 Å².